The second-order valence-corrected chi connectivity index (χ2v) is 29.9. The van der Waals surface area contributed by atoms with Gasteiger partial charge in [-0.2, -0.15) is 0 Å². The number of aryl methyl sites for hydroxylation is 2. The SMILES string of the molecule is CCc1cccc([O][Sn]([CH3])([CH3])[O][Sn]([CH3])([CH3])[O]c2cccc(CC)c2CC)c1CC. The Morgan fingerprint density at radius 3 is 1.28 bits per heavy atom. The third-order valence-corrected chi connectivity index (χ3v) is 30.8. The molecule has 0 aromatic heterocycles. The molecule has 2 rings (SSSR count). The van der Waals surface area contributed by atoms with Crippen molar-refractivity contribution < 1.29 is 7.56 Å². The molecule has 0 aliphatic heterocycles. The summed E-state index contributed by atoms with van der Waals surface area (Å²) in [6, 6.07) is 12.8. The van der Waals surface area contributed by atoms with E-state index in [2.05, 4.69) is 83.9 Å². The van der Waals surface area contributed by atoms with Gasteiger partial charge in [0.2, 0.25) is 0 Å². The average Bonchev–Trinajstić information content (AvgIpc) is 2.65. The fourth-order valence-electron chi connectivity index (χ4n) is 4.04. The van der Waals surface area contributed by atoms with Crippen molar-refractivity contribution in [3.63, 3.8) is 0 Å². The monoisotopic (exact) mass is 614 g/mol. The minimum absolute atomic E-state index is 0.980. The van der Waals surface area contributed by atoms with Crippen molar-refractivity contribution in [3.8, 4) is 11.5 Å². The maximum absolute atomic E-state index is 6.75. The van der Waals surface area contributed by atoms with E-state index in [1.54, 1.807) is 0 Å². The molecule has 160 valence electrons. The molecule has 0 unspecified atom stereocenters. The molecule has 0 spiro atoms. The summed E-state index contributed by atoms with van der Waals surface area (Å²) < 4.78 is 20.0. The Labute approximate surface area is 188 Å². The normalized spacial score (nSPS) is 12.1. The van der Waals surface area contributed by atoms with Crippen molar-refractivity contribution in [2.45, 2.75) is 73.1 Å². The predicted octanol–water partition coefficient (Wildman–Crippen LogP) is 6.81. The van der Waals surface area contributed by atoms with Gasteiger partial charge in [-0.15, -0.1) is 0 Å². The molecule has 0 bridgehead atoms. The van der Waals surface area contributed by atoms with Gasteiger partial charge in [0.15, 0.2) is 0 Å². The van der Waals surface area contributed by atoms with E-state index in [0.717, 1.165) is 37.2 Å². The molecule has 0 fully saturated rings. The fraction of sp³-hybridized carbons (Fsp3) is 0.500. The average molecular weight is 612 g/mol. The number of hydrogen-bond donors (Lipinski definition) is 0. The first-order chi connectivity index (χ1) is 13.7. The van der Waals surface area contributed by atoms with Crippen LogP contribution in [0, 0.1) is 0 Å². The first-order valence-corrected chi connectivity index (χ1v) is 27.0. The van der Waals surface area contributed by atoms with E-state index in [0.29, 0.717) is 0 Å². The summed E-state index contributed by atoms with van der Waals surface area (Å²) in [7, 11) is 0. The second-order valence-electron chi connectivity index (χ2n) is 8.31. The molecule has 0 amide bonds. The molecule has 5 heteroatoms. The molecule has 0 radical (unpaired) electrons. The van der Waals surface area contributed by atoms with E-state index in [9.17, 15) is 0 Å². The zero-order chi connectivity index (χ0) is 21.7. The molecular formula is C24H38O3Sn2. The Bertz CT molecular complexity index is 748. The molecule has 29 heavy (non-hydrogen) atoms. The van der Waals surface area contributed by atoms with Crippen molar-refractivity contribution in [1.82, 2.24) is 0 Å². The summed E-state index contributed by atoms with van der Waals surface area (Å²) in [5, 5.41) is 0. The van der Waals surface area contributed by atoms with E-state index in [1.165, 1.54) is 22.3 Å². The summed E-state index contributed by atoms with van der Waals surface area (Å²) in [6.45, 7) is 8.80. The Morgan fingerprint density at radius 1 is 0.586 bits per heavy atom. The Kier molecular flexibility index (Phi) is 9.22. The van der Waals surface area contributed by atoms with Crippen LogP contribution in [0.5, 0.6) is 11.5 Å². The number of hydrogen-bond acceptors (Lipinski definition) is 3. The summed E-state index contributed by atoms with van der Waals surface area (Å²) in [5.74, 6) is 2.02. The van der Waals surface area contributed by atoms with Crippen molar-refractivity contribution >= 4 is 38.4 Å². The van der Waals surface area contributed by atoms with Crippen LogP contribution >= 0.6 is 0 Å². The van der Waals surface area contributed by atoms with Crippen LogP contribution in [0.2, 0.25) is 19.8 Å². The van der Waals surface area contributed by atoms with Crippen molar-refractivity contribution in [1.29, 1.82) is 0 Å². The van der Waals surface area contributed by atoms with Gasteiger partial charge in [-0.3, -0.25) is 0 Å². The fourth-order valence-corrected chi connectivity index (χ4v) is 36.0. The van der Waals surface area contributed by atoms with E-state index in [4.69, 9.17) is 7.56 Å². The van der Waals surface area contributed by atoms with Crippen molar-refractivity contribution in [2.75, 3.05) is 0 Å². The molecular weight excluding hydrogens is 574 g/mol. The molecule has 0 aliphatic rings. The van der Waals surface area contributed by atoms with Crippen molar-refractivity contribution in [3.05, 3.63) is 58.7 Å². The standard InChI is InChI=1S/2C10H14O.4CH3.O.2Sn/c2*1-3-8-6-5-7-10(11)9(8)4-2;;;;;;;/h2*5-7,11H,3-4H2,1-2H3;4*1H3;;;/q;;;;;;;2*+1/p-2. The molecule has 3 nitrogen and oxygen atoms in total. The van der Waals surface area contributed by atoms with Gasteiger partial charge in [0.25, 0.3) is 0 Å². The van der Waals surface area contributed by atoms with Crippen LogP contribution in [-0.4, -0.2) is 38.4 Å². The topological polar surface area (TPSA) is 27.7 Å². The minimum atomic E-state index is -3.24. The van der Waals surface area contributed by atoms with Crippen LogP contribution in [0.3, 0.4) is 0 Å². The Morgan fingerprint density at radius 2 is 0.966 bits per heavy atom. The van der Waals surface area contributed by atoms with E-state index in [1.807, 2.05) is 0 Å². The van der Waals surface area contributed by atoms with Gasteiger partial charge in [0, 0.05) is 0 Å². The van der Waals surface area contributed by atoms with E-state index >= 15 is 0 Å². The molecule has 0 saturated heterocycles. The van der Waals surface area contributed by atoms with Gasteiger partial charge in [-0.1, -0.05) is 0 Å². The summed E-state index contributed by atoms with van der Waals surface area (Å²) >= 11 is -6.49. The van der Waals surface area contributed by atoms with Crippen LogP contribution in [0.15, 0.2) is 36.4 Å². The molecule has 2 aromatic carbocycles. The summed E-state index contributed by atoms with van der Waals surface area (Å²) in [6.07, 6.45) is 4.01. The zero-order valence-electron chi connectivity index (χ0n) is 19.5. The Balaban J connectivity index is 2.21. The third-order valence-electron chi connectivity index (χ3n) is 5.13. The van der Waals surface area contributed by atoms with Crippen LogP contribution in [-0.2, 0) is 27.1 Å². The second kappa shape index (κ2) is 10.8. The van der Waals surface area contributed by atoms with Crippen molar-refractivity contribution in [2.24, 2.45) is 0 Å². The summed E-state index contributed by atoms with van der Waals surface area (Å²) in [5.41, 5.74) is 5.38. The quantitative estimate of drug-likeness (QED) is 0.276. The van der Waals surface area contributed by atoms with Gasteiger partial charge >= 0.3 is 189 Å². The molecule has 0 heterocycles. The molecule has 0 N–H and O–H groups in total. The molecule has 2 aromatic rings. The van der Waals surface area contributed by atoms with Crippen LogP contribution in [0.25, 0.3) is 0 Å². The molecule has 0 atom stereocenters. The Hall–Kier alpha value is -0.403. The number of rotatable bonds is 10. The molecule has 0 saturated carbocycles. The first-order valence-electron chi connectivity index (χ1n) is 11.0. The first kappa shape index (κ1) is 24.9. The summed E-state index contributed by atoms with van der Waals surface area (Å²) in [4.78, 5) is 8.83. The van der Waals surface area contributed by atoms with E-state index < -0.39 is 38.4 Å². The van der Waals surface area contributed by atoms with E-state index in [-0.39, 0.29) is 0 Å². The van der Waals surface area contributed by atoms with Gasteiger partial charge in [0.05, 0.1) is 0 Å². The third kappa shape index (κ3) is 6.79. The van der Waals surface area contributed by atoms with Gasteiger partial charge in [0.1, 0.15) is 0 Å². The zero-order valence-corrected chi connectivity index (χ0v) is 25.2. The van der Waals surface area contributed by atoms with Gasteiger partial charge in [-0.05, 0) is 0 Å². The predicted molar refractivity (Wildman–Crippen MR) is 128 cm³/mol. The van der Waals surface area contributed by atoms with Gasteiger partial charge < -0.3 is 0 Å². The number of benzene rings is 2. The van der Waals surface area contributed by atoms with Crippen LogP contribution in [0.4, 0.5) is 0 Å². The van der Waals surface area contributed by atoms with Crippen LogP contribution in [0.1, 0.15) is 49.9 Å². The molecule has 0 aliphatic carbocycles. The van der Waals surface area contributed by atoms with Gasteiger partial charge in [-0.25, -0.2) is 0 Å². The van der Waals surface area contributed by atoms with Crippen LogP contribution < -0.4 is 6.15 Å². The maximum atomic E-state index is 6.75.